The number of aromatic nitrogens is 2. The summed E-state index contributed by atoms with van der Waals surface area (Å²) in [7, 11) is 0. The van der Waals surface area contributed by atoms with Gasteiger partial charge in [-0.1, -0.05) is 13.8 Å². The monoisotopic (exact) mass is 235 g/mol. The highest BCUT2D eigenvalue weighted by Gasteiger charge is 2.26. The Bertz CT molecular complexity index is 344. The van der Waals surface area contributed by atoms with Gasteiger partial charge in [0.05, 0.1) is 6.20 Å². The molecule has 1 aromatic rings. The van der Waals surface area contributed by atoms with Crippen molar-refractivity contribution in [1.29, 1.82) is 0 Å². The summed E-state index contributed by atoms with van der Waals surface area (Å²) < 4.78 is 1.99. The first-order valence-electron chi connectivity index (χ1n) is 6.84. The van der Waals surface area contributed by atoms with E-state index in [2.05, 4.69) is 37.4 Å². The molecule has 0 atom stereocenters. The predicted molar refractivity (Wildman–Crippen MR) is 70.8 cm³/mol. The fourth-order valence-corrected chi connectivity index (χ4v) is 2.54. The van der Waals surface area contributed by atoms with Crippen LogP contribution in [0.2, 0.25) is 0 Å². The molecule has 96 valence electrons. The molecule has 0 aliphatic heterocycles. The molecule has 1 heterocycles. The van der Waals surface area contributed by atoms with Crippen molar-refractivity contribution in [2.24, 2.45) is 5.41 Å². The lowest BCUT2D eigenvalue weighted by Gasteiger charge is -2.34. The largest absolute Gasteiger partial charge is 0.310 e. The third-order valence-electron chi connectivity index (χ3n) is 3.94. The molecule has 0 saturated heterocycles. The molecule has 1 aliphatic carbocycles. The molecule has 0 bridgehead atoms. The van der Waals surface area contributed by atoms with Crippen molar-refractivity contribution in [3.8, 4) is 0 Å². The average Bonchev–Trinajstić information content (AvgIpc) is 2.75. The second-order valence-corrected chi connectivity index (χ2v) is 6.02. The second-order valence-electron chi connectivity index (χ2n) is 6.02. The number of nitrogens with zero attached hydrogens (tertiary/aromatic N) is 2. The molecule has 3 nitrogen and oxygen atoms in total. The van der Waals surface area contributed by atoms with Crippen molar-refractivity contribution in [3.63, 3.8) is 0 Å². The Morgan fingerprint density at radius 2 is 2.12 bits per heavy atom. The normalized spacial score (nSPS) is 20.6. The Hall–Kier alpha value is -0.830. The van der Waals surface area contributed by atoms with E-state index in [4.69, 9.17) is 0 Å². The summed E-state index contributed by atoms with van der Waals surface area (Å²) in [5.74, 6) is 0. The van der Waals surface area contributed by atoms with E-state index in [1.54, 1.807) is 0 Å². The minimum atomic E-state index is 0.561. The quantitative estimate of drug-likeness (QED) is 0.869. The van der Waals surface area contributed by atoms with Gasteiger partial charge in [-0.3, -0.25) is 4.68 Å². The standard InChI is InChI=1S/C14H25N3/c1-4-17-11-12(10-16-17)9-15-13-5-7-14(2,3)8-6-13/h10-11,13,15H,4-9H2,1-3H3. The highest BCUT2D eigenvalue weighted by molar-refractivity contribution is 5.03. The van der Waals surface area contributed by atoms with Crippen LogP contribution >= 0.6 is 0 Å². The summed E-state index contributed by atoms with van der Waals surface area (Å²) in [4.78, 5) is 0. The van der Waals surface area contributed by atoms with Crippen molar-refractivity contribution in [1.82, 2.24) is 15.1 Å². The molecule has 0 spiro atoms. The van der Waals surface area contributed by atoms with Gasteiger partial charge in [0.1, 0.15) is 0 Å². The fourth-order valence-electron chi connectivity index (χ4n) is 2.54. The molecule has 1 fully saturated rings. The first kappa shape index (κ1) is 12.6. The first-order valence-corrected chi connectivity index (χ1v) is 6.84. The van der Waals surface area contributed by atoms with E-state index < -0.39 is 0 Å². The molecule has 0 amide bonds. The van der Waals surface area contributed by atoms with Gasteiger partial charge in [0.15, 0.2) is 0 Å². The molecule has 1 saturated carbocycles. The molecular formula is C14H25N3. The van der Waals surface area contributed by atoms with Crippen LogP contribution in [0.5, 0.6) is 0 Å². The van der Waals surface area contributed by atoms with E-state index in [1.165, 1.54) is 31.2 Å². The van der Waals surface area contributed by atoms with E-state index in [0.717, 1.165) is 13.1 Å². The van der Waals surface area contributed by atoms with Gasteiger partial charge in [-0.05, 0) is 38.0 Å². The summed E-state index contributed by atoms with van der Waals surface area (Å²) >= 11 is 0. The van der Waals surface area contributed by atoms with Crippen LogP contribution in [0.25, 0.3) is 0 Å². The molecule has 0 unspecified atom stereocenters. The molecule has 17 heavy (non-hydrogen) atoms. The van der Waals surface area contributed by atoms with Gasteiger partial charge >= 0.3 is 0 Å². The van der Waals surface area contributed by atoms with E-state index in [-0.39, 0.29) is 0 Å². The van der Waals surface area contributed by atoms with Gasteiger partial charge in [-0.2, -0.15) is 5.10 Å². The van der Waals surface area contributed by atoms with Gasteiger partial charge in [0.25, 0.3) is 0 Å². The zero-order chi connectivity index (χ0) is 12.3. The number of rotatable bonds is 4. The molecule has 1 aliphatic rings. The highest BCUT2D eigenvalue weighted by atomic mass is 15.3. The fraction of sp³-hybridized carbons (Fsp3) is 0.786. The third kappa shape index (κ3) is 3.56. The average molecular weight is 235 g/mol. The summed E-state index contributed by atoms with van der Waals surface area (Å²) in [6, 6.07) is 0.702. The molecular weight excluding hydrogens is 210 g/mol. The van der Waals surface area contributed by atoms with Crippen LogP contribution in [0.1, 0.15) is 52.0 Å². The topological polar surface area (TPSA) is 29.9 Å². The van der Waals surface area contributed by atoms with E-state index in [9.17, 15) is 0 Å². The highest BCUT2D eigenvalue weighted by Crippen LogP contribution is 2.34. The molecule has 0 aromatic carbocycles. The van der Waals surface area contributed by atoms with Crippen molar-refractivity contribution in [3.05, 3.63) is 18.0 Å². The van der Waals surface area contributed by atoms with Crippen LogP contribution in [0.3, 0.4) is 0 Å². The minimum absolute atomic E-state index is 0.561. The number of hydrogen-bond donors (Lipinski definition) is 1. The smallest absolute Gasteiger partial charge is 0.0534 e. The summed E-state index contributed by atoms with van der Waals surface area (Å²) in [5, 5.41) is 7.96. The van der Waals surface area contributed by atoms with Crippen molar-refractivity contribution in [2.45, 2.75) is 65.6 Å². The van der Waals surface area contributed by atoms with E-state index in [1.807, 2.05) is 10.9 Å². The molecule has 2 rings (SSSR count). The maximum absolute atomic E-state index is 4.30. The van der Waals surface area contributed by atoms with Crippen LogP contribution < -0.4 is 5.32 Å². The summed E-state index contributed by atoms with van der Waals surface area (Å²) in [6.07, 6.45) is 9.44. The maximum atomic E-state index is 4.30. The first-order chi connectivity index (χ1) is 8.09. The Labute approximate surface area is 105 Å². The van der Waals surface area contributed by atoms with Crippen LogP contribution in [0, 0.1) is 5.41 Å². The Morgan fingerprint density at radius 1 is 1.41 bits per heavy atom. The third-order valence-corrected chi connectivity index (χ3v) is 3.94. The van der Waals surface area contributed by atoms with Crippen LogP contribution in [-0.4, -0.2) is 15.8 Å². The van der Waals surface area contributed by atoms with E-state index in [0.29, 0.717) is 11.5 Å². The van der Waals surface area contributed by atoms with Crippen molar-refractivity contribution in [2.75, 3.05) is 0 Å². The van der Waals surface area contributed by atoms with Crippen LogP contribution in [0.4, 0.5) is 0 Å². The lowest BCUT2D eigenvalue weighted by molar-refractivity contribution is 0.206. The van der Waals surface area contributed by atoms with Gasteiger partial charge < -0.3 is 5.32 Å². The Kier molecular flexibility index (Phi) is 3.87. The van der Waals surface area contributed by atoms with Crippen LogP contribution in [-0.2, 0) is 13.1 Å². The Balaban J connectivity index is 1.75. The lowest BCUT2D eigenvalue weighted by atomic mass is 9.75. The maximum Gasteiger partial charge on any atom is 0.0534 e. The van der Waals surface area contributed by atoms with Gasteiger partial charge in [-0.15, -0.1) is 0 Å². The number of hydrogen-bond acceptors (Lipinski definition) is 2. The molecule has 3 heteroatoms. The van der Waals surface area contributed by atoms with Gasteiger partial charge in [0.2, 0.25) is 0 Å². The van der Waals surface area contributed by atoms with Gasteiger partial charge in [0, 0.05) is 30.9 Å². The molecule has 1 aromatic heterocycles. The van der Waals surface area contributed by atoms with Crippen molar-refractivity contribution >= 4 is 0 Å². The zero-order valence-electron chi connectivity index (χ0n) is 11.4. The summed E-state index contributed by atoms with van der Waals surface area (Å²) in [6.45, 7) is 8.80. The number of aryl methyl sites for hydroxylation is 1. The minimum Gasteiger partial charge on any atom is -0.310 e. The predicted octanol–water partition coefficient (Wildman–Crippen LogP) is 2.96. The summed E-state index contributed by atoms with van der Waals surface area (Å²) in [5.41, 5.74) is 1.86. The molecule has 1 N–H and O–H groups in total. The Morgan fingerprint density at radius 3 is 2.71 bits per heavy atom. The zero-order valence-corrected chi connectivity index (χ0v) is 11.4. The lowest BCUT2D eigenvalue weighted by Crippen LogP contribution is -2.35. The van der Waals surface area contributed by atoms with Crippen molar-refractivity contribution < 1.29 is 0 Å². The molecule has 0 radical (unpaired) electrons. The van der Waals surface area contributed by atoms with Gasteiger partial charge in [-0.25, -0.2) is 0 Å². The van der Waals surface area contributed by atoms with Crippen LogP contribution in [0.15, 0.2) is 12.4 Å². The van der Waals surface area contributed by atoms with E-state index >= 15 is 0 Å². The second kappa shape index (κ2) is 5.21. The SMILES string of the molecule is CCn1cc(CNC2CCC(C)(C)CC2)cn1. The number of nitrogens with one attached hydrogen (secondary N) is 1.